The Morgan fingerprint density at radius 1 is 0.828 bits per heavy atom. The summed E-state index contributed by atoms with van der Waals surface area (Å²) in [7, 11) is 0. The molecule has 0 atom stereocenters. The molecule has 4 heteroatoms. The number of aromatic nitrogens is 1. The van der Waals surface area contributed by atoms with Crippen LogP contribution in [0.4, 0.5) is 5.69 Å². The van der Waals surface area contributed by atoms with Crippen LogP contribution in [0.1, 0.15) is 72.1 Å². The Labute approximate surface area is 188 Å². The number of nitrogens with one attached hydrogen (secondary N) is 1. The molecular weight excluding hydrogens is 482 g/mol. The summed E-state index contributed by atoms with van der Waals surface area (Å²) in [5.74, 6) is 0. The number of pyridine rings is 1. The van der Waals surface area contributed by atoms with Gasteiger partial charge >= 0.3 is 189 Å². The van der Waals surface area contributed by atoms with Gasteiger partial charge in [0, 0.05) is 0 Å². The van der Waals surface area contributed by atoms with Crippen molar-refractivity contribution >= 4 is 46.6 Å². The molecule has 0 bridgehead atoms. The Hall–Kier alpha value is -0.481. The van der Waals surface area contributed by atoms with Crippen LogP contribution in [0.15, 0.2) is 30.5 Å². The van der Waals surface area contributed by atoms with Gasteiger partial charge in [0.05, 0.1) is 0 Å². The number of anilines is 1. The number of hydrogen-bond donors (Lipinski definition) is 1. The van der Waals surface area contributed by atoms with Crippen LogP contribution in [0.5, 0.6) is 0 Å². The van der Waals surface area contributed by atoms with Crippen molar-refractivity contribution in [1.82, 2.24) is 4.98 Å². The van der Waals surface area contributed by atoms with E-state index in [-0.39, 0.29) is 0 Å². The van der Waals surface area contributed by atoms with Gasteiger partial charge in [-0.25, -0.2) is 0 Å². The predicted octanol–water partition coefficient (Wildman–Crippen LogP) is 8.93. The van der Waals surface area contributed by atoms with Crippen molar-refractivity contribution in [2.24, 2.45) is 0 Å². The van der Waals surface area contributed by atoms with Crippen molar-refractivity contribution in [3.63, 3.8) is 0 Å². The minimum atomic E-state index is -1.95. The molecule has 1 heterocycles. The number of halogens is 1. The Balaban J connectivity index is 1.90. The summed E-state index contributed by atoms with van der Waals surface area (Å²) < 4.78 is 6.50. The van der Waals surface area contributed by atoms with E-state index in [0.717, 1.165) is 17.1 Å². The van der Waals surface area contributed by atoms with E-state index in [1.807, 2.05) is 18.3 Å². The van der Waals surface area contributed by atoms with E-state index < -0.39 is 18.4 Å². The fourth-order valence-corrected chi connectivity index (χ4v) is 21.3. The third-order valence-corrected chi connectivity index (χ3v) is 22.7. The van der Waals surface area contributed by atoms with E-state index in [0.29, 0.717) is 0 Å². The van der Waals surface area contributed by atoms with Crippen LogP contribution in [0, 0.1) is 0 Å². The fraction of sp³-hybridized carbons (Fsp3) is 0.640. The zero-order valence-corrected chi connectivity index (χ0v) is 22.5. The molecular formula is C25H41ClN2Sn. The molecule has 0 radical (unpaired) electrons. The molecule has 0 aliphatic heterocycles. The first-order valence-corrected chi connectivity index (χ1v) is 20.4. The molecule has 2 aromatic rings. The number of hydrogen-bond acceptors (Lipinski definition) is 2. The van der Waals surface area contributed by atoms with Crippen LogP contribution in [-0.2, 0) is 0 Å². The molecule has 0 spiro atoms. The average molecular weight is 524 g/mol. The zero-order chi connectivity index (χ0) is 21.0. The van der Waals surface area contributed by atoms with Gasteiger partial charge in [-0.05, 0) is 0 Å². The SMILES string of the molecule is CCC[CH2][Sn]([CH2]CCC)([CH2]CCC)[CH2]CCCNc1ccnc2cc(Cl)ccc12. The summed E-state index contributed by atoms with van der Waals surface area (Å²) >= 11 is 4.17. The Morgan fingerprint density at radius 3 is 2.07 bits per heavy atom. The zero-order valence-electron chi connectivity index (χ0n) is 18.9. The second-order valence-corrected chi connectivity index (χ2v) is 23.4. The summed E-state index contributed by atoms with van der Waals surface area (Å²) in [5, 5.41) is 5.58. The number of fused-ring (bicyclic) bond motifs is 1. The summed E-state index contributed by atoms with van der Waals surface area (Å²) in [6, 6.07) is 8.06. The fourth-order valence-electron chi connectivity index (χ4n) is 4.53. The monoisotopic (exact) mass is 524 g/mol. The summed E-state index contributed by atoms with van der Waals surface area (Å²) in [6.45, 7) is 8.16. The average Bonchev–Trinajstić information content (AvgIpc) is 2.74. The first-order chi connectivity index (χ1) is 14.1. The summed E-state index contributed by atoms with van der Waals surface area (Å²) in [6.07, 6.45) is 13.1. The maximum absolute atomic E-state index is 6.11. The van der Waals surface area contributed by atoms with Crippen molar-refractivity contribution in [1.29, 1.82) is 0 Å². The van der Waals surface area contributed by atoms with E-state index in [1.54, 1.807) is 17.7 Å². The van der Waals surface area contributed by atoms with Crippen LogP contribution in [0.25, 0.3) is 10.9 Å². The Kier molecular flexibility index (Phi) is 11.7. The molecule has 0 fully saturated rings. The molecule has 2 rings (SSSR count). The van der Waals surface area contributed by atoms with Crippen LogP contribution < -0.4 is 5.32 Å². The third kappa shape index (κ3) is 8.28. The van der Waals surface area contributed by atoms with E-state index in [4.69, 9.17) is 11.6 Å². The normalized spacial score (nSPS) is 11.9. The Morgan fingerprint density at radius 2 is 1.45 bits per heavy atom. The van der Waals surface area contributed by atoms with Gasteiger partial charge in [0.2, 0.25) is 0 Å². The van der Waals surface area contributed by atoms with Gasteiger partial charge < -0.3 is 0 Å². The summed E-state index contributed by atoms with van der Waals surface area (Å²) in [5.41, 5.74) is 2.15. The molecule has 1 aromatic carbocycles. The van der Waals surface area contributed by atoms with Crippen molar-refractivity contribution in [3.05, 3.63) is 35.5 Å². The van der Waals surface area contributed by atoms with Gasteiger partial charge in [-0.3, -0.25) is 0 Å². The molecule has 0 amide bonds. The van der Waals surface area contributed by atoms with Gasteiger partial charge in [0.15, 0.2) is 0 Å². The number of rotatable bonds is 15. The molecule has 1 aromatic heterocycles. The second-order valence-electron chi connectivity index (χ2n) is 8.71. The van der Waals surface area contributed by atoms with Crippen LogP contribution in [-0.4, -0.2) is 29.9 Å². The number of unbranched alkanes of at least 4 members (excludes halogenated alkanes) is 4. The number of benzene rings is 1. The molecule has 1 N–H and O–H groups in total. The number of nitrogens with zero attached hydrogens (tertiary/aromatic N) is 1. The standard InChI is InChI=1S/C13H14ClN2.3C4H9.Sn/c1-2-3-7-15-12-6-8-16-13-9-10(14)4-5-11(12)13;3*1-3-4-2;/h4-6,8-9H,1-3,7H2,(H,15,16);3*1,3-4H2,2H3;. The van der Waals surface area contributed by atoms with Gasteiger partial charge in [0.25, 0.3) is 0 Å². The molecule has 0 aliphatic rings. The molecule has 2 nitrogen and oxygen atoms in total. The predicted molar refractivity (Wildman–Crippen MR) is 134 cm³/mol. The third-order valence-electron chi connectivity index (χ3n) is 6.34. The van der Waals surface area contributed by atoms with Crippen molar-refractivity contribution in [2.45, 2.75) is 89.9 Å². The first kappa shape index (κ1) is 24.8. The van der Waals surface area contributed by atoms with Crippen LogP contribution >= 0.6 is 11.6 Å². The molecule has 162 valence electrons. The maximum atomic E-state index is 6.11. The van der Waals surface area contributed by atoms with Crippen molar-refractivity contribution in [2.75, 3.05) is 11.9 Å². The molecule has 0 unspecified atom stereocenters. The quantitative estimate of drug-likeness (QED) is 0.186. The van der Waals surface area contributed by atoms with E-state index in [1.165, 1.54) is 62.4 Å². The summed E-state index contributed by atoms with van der Waals surface area (Å²) in [4.78, 5) is 4.45. The molecule has 0 aliphatic carbocycles. The molecule has 0 saturated carbocycles. The van der Waals surface area contributed by atoms with Crippen LogP contribution in [0.2, 0.25) is 22.8 Å². The second kappa shape index (κ2) is 13.7. The Bertz CT molecular complexity index is 697. The van der Waals surface area contributed by atoms with Crippen molar-refractivity contribution in [3.8, 4) is 0 Å². The van der Waals surface area contributed by atoms with Gasteiger partial charge in [0.1, 0.15) is 0 Å². The van der Waals surface area contributed by atoms with Crippen LogP contribution in [0.3, 0.4) is 0 Å². The molecule has 0 saturated heterocycles. The molecule has 29 heavy (non-hydrogen) atoms. The van der Waals surface area contributed by atoms with E-state index in [9.17, 15) is 0 Å². The van der Waals surface area contributed by atoms with E-state index in [2.05, 4.69) is 43.2 Å². The minimum absolute atomic E-state index is 0.747. The first-order valence-electron chi connectivity index (χ1n) is 11.9. The van der Waals surface area contributed by atoms with Gasteiger partial charge in [-0.15, -0.1) is 0 Å². The van der Waals surface area contributed by atoms with E-state index >= 15 is 0 Å². The van der Waals surface area contributed by atoms with Crippen molar-refractivity contribution < 1.29 is 0 Å². The van der Waals surface area contributed by atoms with Gasteiger partial charge in [-0.1, -0.05) is 0 Å². The van der Waals surface area contributed by atoms with Gasteiger partial charge in [-0.2, -0.15) is 0 Å². The topological polar surface area (TPSA) is 24.9 Å².